The van der Waals surface area contributed by atoms with Crippen molar-refractivity contribution < 1.29 is 32.0 Å². The number of hydrogen-bond acceptors (Lipinski definition) is 7. The average Bonchev–Trinajstić information content (AvgIpc) is 3.65. The molecule has 0 saturated carbocycles. The Labute approximate surface area is 251 Å². The van der Waals surface area contributed by atoms with Crippen LogP contribution in [-0.2, 0) is 28.2 Å². The molecule has 2 N–H and O–H groups in total. The number of benzene rings is 3. The molecule has 1 aromatic heterocycles. The fourth-order valence-corrected chi connectivity index (χ4v) is 5.33. The number of primary amides is 1. The molecule has 1 unspecified atom stereocenters. The minimum absolute atomic E-state index is 0.0661. The van der Waals surface area contributed by atoms with Gasteiger partial charge in [-0.25, -0.2) is 9.37 Å². The first kappa shape index (κ1) is 30.2. The first-order valence-corrected chi connectivity index (χ1v) is 13.5. The van der Waals surface area contributed by atoms with Crippen molar-refractivity contribution in [2.45, 2.75) is 37.6 Å². The highest BCUT2D eigenvalue weighted by Crippen LogP contribution is 2.50. The molecule has 2 heterocycles. The lowest BCUT2D eigenvalue weighted by molar-refractivity contribution is -0.275. The normalized spacial score (nSPS) is 16.9. The van der Waals surface area contributed by atoms with Gasteiger partial charge in [0.2, 0.25) is 5.91 Å². The van der Waals surface area contributed by atoms with Crippen molar-refractivity contribution in [3.05, 3.63) is 93.2 Å². The van der Waals surface area contributed by atoms with Crippen LogP contribution in [0.5, 0.6) is 0 Å². The number of hydrogen-bond donors (Lipinski definition) is 1. The minimum atomic E-state index is -4.99. The van der Waals surface area contributed by atoms with Crippen molar-refractivity contribution >= 4 is 51.8 Å². The third kappa shape index (κ3) is 6.00. The van der Waals surface area contributed by atoms with Crippen LogP contribution in [-0.4, -0.2) is 45.4 Å². The van der Waals surface area contributed by atoms with Crippen LogP contribution in [0.3, 0.4) is 0 Å². The zero-order valence-electron chi connectivity index (χ0n) is 22.1. The third-order valence-electron chi connectivity index (χ3n) is 6.87. The SMILES string of the molecule is NC(=O)c1c(CC=NOCCCn2cncn2)cc(C2=NOC(c3cc(Cl)c(F)c(Cl)c3)(C(F)(F)F)C2)c2ccccc12. The van der Waals surface area contributed by atoms with E-state index < -0.39 is 45.5 Å². The predicted octanol–water partition coefficient (Wildman–Crippen LogP) is 6.19. The van der Waals surface area contributed by atoms with Gasteiger partial charge in [-0.15, -0.1) is 0 Å². The van der Waals surface area contributed by atoms with E-state index in [2.05, 4.69) is 20.4 Å². The smallest absolute Gasteiger partial charge is 0.396 e. The Morgan fingerprint density at radius 3 is 2.56 bits per heavy atom. The van der Waals surface area contributed by atoms with Crippen LogP contribution in [0.25, 0.3) is 10.8 Å². The van der Waals surface area contributed by atoms with Crippen molar-refractivity contribution in [2.75, 3.05) is 6.61 Å². The lowest BCUT2D eigenvalue weighted by Gasteiger charge is -2.30. The number of halogens is 6. The maximum absolute atomic E-state index is 14.6. The van der Waals surface area contributed by atoms with E-state index >= 15 is 0 Å². The standard InChI is InChI=1S/C28H22Cl2F4N6O3/c29-21-11-17(12-22(30)25(21)31)27(28(32,33)34)13-23(39-43-27)20-10-16(24(26(35)41)19-5-2-1-4-18(19)20)6-7-38-42-9-3-8-40-15-36-14-37-40/h1-2,4-5,7,10-12,14-15H,3,6,8-9,13H2,(H2,35,41). The number of aromatic nitrogens is 3. The second-order valence-electron chi connectivity index (χ2n) is 9.59. The van der Waals surface area contributed by atoms with E-state index in [1.807, 2.05) is 0 Å². The monoisotopic (exact) mass is 636 g/mol. The molecule has 0 aliphatic carbocycles. The average molecular weight is 637 g/mol. The Hall–Kier alpha value is -4.23. The highest BCUT2D eigenvalue weighted by Gasteiger charge is 2.62. The summed E-state index contributed by atoms with van der Waals surface area (Å²) >= 11 is 11.7. The first-order valence-electron chi connectivity index (χ1n) is 12.8. The molecule has 1 amide bonds. The number of amides is 1. The van der Waals surface area contributed by atoms with E-state index in [4.69, 9.17) is 38.6 Å². The molecular formula is C28H22Cl2F4N6O3. The van der Waals surface area contributed by atoms with Gasteiger partial charge in [-0.05, 0) is 34.5 Å². The molecule has 0 spiro atoms. The second kappa shape index (κ2) is 12.2. The predicted molar refractivity (Wildman–Crippen MR) is 152 cm³/mol. The summed E-state index contributed by atoms with van der Waals surface area (Å²) < 4.78 is 59.5. The Morgan fingerprint density at radius 1 is 1.19 bits per heavy atom. The van der Waals surface area contributed by atoms with Gasteiger partial charge in [-0.3, -0.25) is 9.48 Å². The third-order valence-corrected chi connectivity index (χ3v) is 7.42. The molecule has 9 nitrogen and oxygen atoms in total. The van der Waals surface area contributed by atoms with Gasteiger partial charge in [0.05, 0.1) is 21.3 Å². The zero-order chi connectivity index (χ0) is 30.8. The molecular weight excluding hydrogens is 615 g/mol. The van der Waals surface area contributed by atoms with Gasteiger partial charge in [0.25, 0.3) is 5.60 Å². The van der Waals surface area contributed by atoms with Crippen molar-refractivity contribution in [1.82, 2.24) is 14.8 Å². The Kier molecular flexibility index (Phi) is 8.56. The summed E-state index contributed by atoms with van der Waals surface area (Å²) in [7, 11) is 0. The summed E-state index contributed by atoms with van der Waals surface area (Å²) in [6, 6.07) is 9.76. The van der Waals surface area contributed by atoms with Crippen LogP contribution >= 0.6 is 23.2 Å². The van der Waals surface area contributed by atoms with Gasteiger partial charge in [-0.2, -0.15) is 18.3 Å². The summed E-state index contributed by atoms with van der Waals surface area (Å²) in [5, 5.41) is 11.4. The van der Waals surface area contributed by atoms with Crippen LogP contribution in [0.1, 0.15) is 39.9 Å². The lowest BCUT2D eigenvalue weighted by Crippen LogP contribution is -2.42. The Morgan fingerprint density at radius 2 is 1.91 bits per heavy atom. The largest absolute Gasteiger partial charge is 0.435 e. The van der Waals surface area contributed by atoms with Gasteiger partial charge in [0.15, 0.2) is 5.82 Å². The van der Waals surface area contributed by atoms with E-state index in [1.54, 1.807) is 35.3 Å². The summed E-state index contributed by atoms with van der Waals surface area (Å²) in [4.78, 5) is 26.8. The molecule has 4 aromatic rings. The van der Waals surface area contributed by atoms with Crippen LogP contribution in [0.2, 0.25) is 10.0 Å². The summed E-state index contributed by atoms with van der Waals surface area (Å²) in [5.74, 6) is -1.79. The van der Waals surface area contributed by atoms with Crippen LogP contribution in [0.4, 0.5) is 17.6 Å². The number of fused-ring (bicyclic) bond motifs is 1. The number of oxime groups is 2. The minimum Gasteiger partial charge on any atom is -0.396 e. The molecule has 1 aliphatic heterocycles. The van der Waals surface area contributed by atoms with Gasteiger partial charge < -0.3 is 15.4 Å². The van der Waals surface area contributed by atoms with Gasteiger partial charge in [-0.1, -0.05) is 57.8 Å². The molecule has 1 aliphatic rings. The lowest BCUT2D eigenvalue weighted by atomic mass is 9.84. The molecule has 0 bridgehead atoms. The van der Waals surface area contributed by atoms with E-state index in [0.29, 0.717) is 29.3 Å². The molecule has 0 fully saturated rings. The zero-order valence-corrected chi connectivity index (χ0v) is 23.6. The number of carbonyl (C=O) groups excluding carboxylic acids is 1. The van der Waals surface area contributed by atoms with Crippen molar-refractivity contribution in [3.63, 3.8) is 0 Å². The first-order chi connectivity index (χ1) is 20.5. The topological polar surface area (TPSA) is 117 Å². The molecule has 1 atom stereocenters. The maximum atomic E-state index is 14.6. The highest BCUT2D eigenvalue weighted by atomic mass is 35.5. The maximum Gasteiger partial charge on any atom is 0.435 e. The number of aryl methyl sites for hydroxylation is 1. The van der Waals surface area contributed by atoms with E-state index in [-0.39, 0.29) is 29.9 Å². The molecule has 5 rings (SSSR count). The summed E-state index contributed by atoms with van der Waals surface area (Å²) in [5.41, 5.74) is 3.00. The molecule has 224 valence electrons. The Balaban J connectivity index is 1.46. The summed E-state index contributed by atoms with van der Waals surface area (Å²) in [6.45, 7) is 0.863. The number of carbonyl (C=O) groups is 1. The van der Waals surface area contributed by atoms with Gasteiger partial charge in [0.1, 0.15) is 19.3 Å². The fraction of sp³-hybridized carbons (Fsp3) is 0.250. The van der Waals surface area contributed by atoms with Crippen molar-refractivity contribution in [1.29, 1.82) is 0 Å². The number of rotatable bonds is 10. The van der Waals surface area contributed by atoms with Crippen molar-refractivity contribution in [3.8, 4) is 0 Å². The Bertz CT molecular complexity index is 1710. The van der Waals surface area contributed by atoms with E-state index in [0.717, 1.165) is 12.1 Å². The number of nitrogens with zero attached hydrogens (tertiary/aromatic N) is 5. The quantitative estimate of drug-likeness (QED) is 0.0732. The van der Waals surface area contributed by atoms with Crippen LogP contribution in [0, 0.1) is 5.82 Å². The van der Waals surface area contributed by atoms with Crippen LogP contribution in [0.15, 0.2) is 65.4 Å². The number of nitrogens with two attached hydrogens (primary N) is 1. The van der Waals surface area contributed by atoms with Gasteiger partial charge in [0, 0.05) is 43.1 Å². The summed E-state index contributed by atoms with van der Waals surface area (Å²) in [6.07, 6.45) is -0.670. The van der Waals surface area contributed by atoms with E-state index in [9.17, 15) is 22.4 Å². The molecule has 0 radical (unpaired) electrons. The van der Waals surface area contributed by atoms with Gasteiger partial charge >= 0.3 is 6.18 Å². The molecule has 15 heteroatoms. The molecule has 43 heavy (non-hydrogen) atoms. The molecule has 3 aromatic carbocycles. The number of alkyl halides is 3. The van der Waals surface area contributed by atoms with Crippen molar-refractivity contribution in [2.24, 2.45) is 16.0 Å². The fourth-order valence-electron chi connectivity index (χ4n) is 4.84. The molecule has 0 saturated heterocycles. The van der Waals surface area contributed by atoms with E-state index in [1.165, 1.54) is 18.6 Å². The van der Waals surface area contributed by atoms with Crippen LogP contribution < -0.4 is 5.73 Å². The second-order valence-corrected chi connectivity index (χ2v) is 10.4. The highest BCUT2D eigenvalue weighted by molar-refractivity contribution is 6.35.